The molecular formula is C21H33N. The minimum Gasteiger partial charge on any atom is -0.286 e. The van der Waals surface area contributed by atoms with E-state index in [0.29, 0.717) is 16.6 Å². The van der Waals surface area contributed by atoms with Crippen molar-refractivity contribution in [3.05, 3.63) is 0 Å². The third-order valence-electron chi connectivity index (χ3n) is 9.54. The van der Waals surface area contributed by atoms with Crippen molar-refractivity contribution in [1.29, 1.82) is 0 Å². The van der Waals surface area contributed by atoms with Crippen LogP contribution in [-0.4, -0.2) is 21.5 Å². The van der Waals surface area contributed by atoms with Gasteiger partial charge in [0.15, 0.2) is 0 Å². The van der Waals surface area contributed by atoms with E-state index >= 15 is 0 Å². The first-order chi connectivity index (χ1) is 10.7. The second kappa shape index (κ2) is 4.13. The molecule has 0 atom stereocenters. The molecule has 0 spiro atoms. The average Bonchev–Trinajstić information content (AvgIpc) is 3.35. The molecule has 1 nitrogen and oxygen atoms in total. The SMILES string of the molecule is C1CC2(N(C34CCC(CC3)C4)C34CCC(CC3)C4)CCC1C2. The van der Waals surface area contributed by atoms with Crippen molar-refractivity contribution in [1.82, 2.24) is 4.90 Å². The Labute approximate surface area is 136 Å². The summed E-state index contributed by atoms with van der Waals surface area (Å²) in [6, 6.07) is 0. The molecule has 0 N–H and O–H groups in total. The van der Waals surface area contributed by atoms with Gasteiger partial charge >= 0.3 is 0 Å². The van der Waals surface area contributed by atoms with Gasteiger partial charge in [0.1, 0.15) is 0 Å². The van der Waals surface area contributed by atoms with Gasteiger partial charge < -0.3 is 0 Å². The molecule has 0 heterocycles. The lowest BCUT2D eigenvalue weighted by Gasteiger charge is -2.59. The van der Waals surface area contributed by atoms with Crippen molar-refractivity contribution in [2.45, 2.75) is 113 Å². The monoisotopic (exact) mass is 299 g/mol. The maximum absolute atomic E-state index is 3.38. The lowest BCUT2D eigenvalue weighted by molar-refractivity contribution is -0.0995. The van der Waals surface area contributed by atoms with Gasteiger partial charge in [-0.1, -0.05) is 0 Å². The third kappa shape index (κ3) is 1.51. The van der Waals surface area contributed by atoms with Crippen LogP contribution in [0.2, 0.25) is 0 Å². The van der Waals surface area contributed by atoms with Gasteiger partial charge in [0.2, 0.25) is 0 Å². The highest BCUT2D eigenvalue weighted by molar-refractivity contribution is 5.20. The third-order valence-corrected chi connectivity index (χ3v) is 9.54. The maximum atomic E-state index is 3.38. The Kier molecular flexibility index (Phi) is 2.49. The second-order valence-electron chi connectivity index (χ2n) is 10.5. The standard InChI is InChI=1S/C21H33N/c1-7-19(8-2-16(1)13-19)22(20-9-3-17(14-20)4-10-20)21-11-5-18(15-21)6-12-21/h16-18H,1-15H2. The van der Waals surface area contributed by atoms with Crippen molar-refractivity contribution in [2.75, 3.05) is 0 Å². The zero-order valence-corrected chi connectivity index (χ0v) is 14.3. The van der Waals surface area contributed by atoms with Crippen LogP contribution < -0.4 is 0 Å². The molecule has 6 saturated carbocycles. The quantitative estimate of drug-likeness (QED) is 0.684. The van der Waals surface area contributed by atoms with Crippen LogP contribution in [0.15, 0.2) is 0 Å². The minimum absolute atomic E-state index is 0.670. The molecule has 6 aliphatic carbocycles. The van der Waals surface area contributed by atoms with Crippen LogP contribution >= 0.6 is 0 Å². The van der Waals surface area contributed by atoms with E-state index in [9.17, 15) is 0 Å². The minimum atomic E-state index is 0.670. The first-order valence-electron chi connectivity index (χ1n) is 10.5. The summed E-state index contributed by atoms with van der Waals surface area (Å²) in [6.07, 6.45) is 23.6. The zero-order valence-electron chi connectivity index (χ0n) is 14.3. The van der Waals surface area contributed by atoms with Crippen LogP contribution in [0.5, 0.6) is 0 Å². The van der Waals surface area contributed by atoms with Crippen LogP contribution in [0.4, 0.5) is 0 Å². The summed E-state index contributed by atoms with van der Waals surface area (Å²) in [5.41, 5.74) is 2.01. The lowest BCUT2D eigenvalue weighted by atomic mass is 9.76. The first kappa shape index (κ1) is 13.3. The largest absolute Gasteiger partial charge is 0.286 e. The fourth-order valence-electron chi connectivity index (χ4n) is 8.94. The normalized spacial score (nSPS) is 58.5. The Morgan fingerprint density at radius 3 is 0.909 bits per heavy atom. The highest BCUT2D eigenvalue weighted by atomic mass is 15.3. The molecular weight excluding hydrogens is 266 g/mol. The molecule has 6 aliphatic rings. The predicted octanol–water partition coefficient (Wildman–Crippen LogP) is 5.29. The molecule has 0 amide bonds. The van der Waals surface area contributed by atoms with E-state index in [1.165, 1.54) is 0 Å². The molecule has 0 aromatic rings. The molecule has 6 bridgehead atoms. The van der Waals surface area contributed by atoms with Gasteiger partial charge in [0.05, 0.1) is 0 Å². The topological polar surface area (TPSA) is 3.24 Å². The lowest BCUT2D eigenvalue weighted by Crippen LogP contribution is -2.66. The Morgan fingerprint density at radius 2 is 0.727 bits per heavy atom. The van der Waals surface area contributed by atoms with Gasteiger partial charge in [-0.25, -0.2) is 0 Å². The van der Waals surface area contributed by atoms with Gasteiger partial charge in [-0.3, -0.25) is 4.90 Å². The van der Waals surface area contributed by atoms with E-state index < -0.39 is 0 Å². The van der Waals surface area contributed by atoms with E-state index in [-0.39, 0.29) is 0 Å². The van der Waals surface area contributed by atoms with Crippen LogP contribution in [0.1, 0.15) is 96.3 Å². The van der Waals surface area contributed by atoms with Crippen molar-refractivity contribution in [3.8, 4) is 0 Å². The van der Waals surface area contributed by atoms with Crippen LogP contribution in [-0.2, 0) is 0 Å². The molecule has 0 aliphatic heterocycles. The van der Waals surface area contributed by atoms with Crippen molar-refractivity contribution in [2.24, 2.45) is 17.8 Å². The number of hydrogen-bond donors (Lipinski definition) is 0. The molecule has 0 radical (unpaired) electrons. The van der Waals surface area contributed by atoms with Crippen molar-refractivity contribution in [3.63, 3.8) is 0 Å². The molecule has 6 rings (SSSR count). The highest BCUT2D eigenvalue weighted by Crippen LogP contribution is 2.66. The van der Waals surface area contributed by atoms with Gasteiger partial charge in [-0.15, -0.1) is 0 Å². The molecule has 1 heteroatoms. The van der Waals surface area contributed by atoms with Crippen molar-refractivity contribution < 1.29 is 0 Å². The summed E-state index contributed by atoms with van der Waals surface area (Å²) < 4.78 is 0. The summed E-state index contributed by atoms with van der Waals surface area (Å²) >= 11 is 0. The molecule has 122 valence electrons. The summed E-state index contributed by atoms with van der Waals surface area (Å²) in [5.74, 6) is 3.31. The van der Waals surface area contributed by atoms with Crippen LogP contribution in [0, 0.1) is 17.8 Å². The Bertz CT molecular complexity index is 399. The van der Waals surface area contributed by atoms with Gasteiger partial charge in [0.25, 0.3) is 0 Å². The molecule has 0 unspecified atom stereocenters. The molecule has 6 fully saturated rings. The molecule has 0 aromatic heterocycles. The summed E-state index contributed by atoms with van der Waals surface area (Å²) in [6.45, 7) is 0. The highest BCUT2D eigenvalue weighted by Gasteiger charge is 2.65. The van der Waals surface area contributed by atoms with E-state index in [1.807, 2.05) is 0 Å². The smallest absolute Gasteiger partial charge is 0.0223 e. The molecule has 22 heavy (non-hydrogen) atoms. The first-order valence-corrected chi connectivity index (χ1v) is 10.5. The average molecular weight is 300 g/mol. The molecule has 0 aromatic carbocycles. The summed E-state index contributed by atoms with van der Waals surface area (Å²) in [7, 11) is 0. The predicted molar refractivity (Wildman–Crippen MR) is 89.8 cm³/mol. The van der Waals surface area contributed by atoms with Crippen LogP contribution in [0.3, 0.4) is 0 Å². The van der Waals surface area contributed by atoms with Gasteiger partial charge in [0, 0.05) is 16.6 Å². The fraction of sp³-hybridized carbons (Fsp3) is 1.00. The number of hydrogen-bond acceptors (Lipinski definition) is 1. The summed E-state index contributed by atoms with van der Waals surface area (Å²) in [5, 5.41) is 0. The zero-order chi connectivity index (χ0) is 14.4. The van der Waals surface area contributed by atoms with E-state index in [1.54, 1.807) is 96.3 Å². The fourth-order valence-corrected chi connectivity index (χ4v) is 8.94. The maximum Gasteiger partial charge on any atom is 0.0223 e. The van der Waals surface area contributed by atoms with Crippen molar-refractivity contribution >= 4 is 0 Å². The Balaban J connectivity index is 1.47. The number of fused-ring (bicyclic) bond motifs is 6. The number of nitrogens with zero attached hydrogens (tertiary/aromatic N) is 1. The number of rotatable bonds is 3. The Morgan fingerprint density at radius 1 is 0.455 bits per heavy atom. The van der Waals surface area contributed by atoms with E-state index in [2.05, 4.69) is 4.90 Å². The van der Waals surface area contributed by atoms with E-state index in [0.717, 1.165) is 17.8 Å². The second-order valence-corrected chi connectivity index (χ2v) is 10.5. The van der Waals surface area contributed by atoms with E-state index in [4.69, 9.17) is 0 Å². The Hall–Kier alpha value is -0.0400. The summed E-state index contributed by atoms with van der Waals surface area (Å²) in [4.78, 5) is 3.38. The van der Waals surface area contributed by atoms with Gasteiger partial charge in [-0.2, -0.15) is 0 Å². The van der Waals surface area contributed by atoms with Gasteiger partial charge in [-0.05, 0) is 114 Å². The van der Waals surface area contributed by atoms with Crippen LogP contribution in [0.25, 0.3) is 0 Å². The molecule has 0 saturated heterocycles.